The molecule has 0 aliphatic carbocycles. The van der Waals surface area contributed by atoms with E-state index in [0.29, 0.717) is 17.9 Å². The summed E-state index contributed by atoms with van der Waals surface area (Å²) in [6.45, 7) is 14.3. The van der Waals surface area contributed by atoms with Crippen LogP contribution in [0, 0.1) is 11.8 Å². The normalized spacial score (nSPS) is 18.3. The molecule has 0 radical (unpaired) electrons. The van der Waals surface area contributed by atoms with Crippen LogP contribution in [-0.2, 0) is 4.74 Å². The molecule has 0 amide bonds. The molecule has 0 heterocycles. The topological polar surface area (TPSA) is 35.2 Å². The van der Waals surface area contributed by atoms with Crippen molar-refractivity contribution in [3.8, 4) is 0 Å². The average Bonchev–Trinajstić information content (AvgIpc) is 2.30. The molecule has 3 unspecified atom stereocenters. The van der Waals surface area contributed by atoms with Crippen LogP contribution < -0.4 is 5.73 Å². The molecule has 0 aliphatic rings. The van der Waals surface area contributed by atoms with Crippen LogP contribution in [0.3, 0.4) is 0 Å². The summed E-state index contributed by atoms with van der Waals surface area (Å²) in [6, 6.07) is 0.310. The van der Waals surface area contributed by atoms with Crippen LogP contribution >= 0.6 is 0 Å². The van der Waals surface area contributed by atoms with E-state index in [4.69, 9.17) is 10.5 Å². The standard InChI is InChI=1S/C17H37NO/c1-7-8-11-17(6,12-14(2)3)19-13-15(4)9-10-16(5)18/h14-16H,7-13,18H2,1-6H3. The lowest BCUT2D eigenvalue weighted by Gasteiger charge is -2.33. The van der Waals surface area contributed by atoms with Crippen molar-refractivity contribution < 1.29 is 4.74 Å². The summed E-state index contributed by atoms with van der Waals surface area (Å²) < 4.78 is 6.30. The third-order valence-electron chi connectivity index (χ3n) is 3.73. The molecule has 19 heavy (non-hydrogen) atoms. The third-order valence-corrected chi connectivity index (χ3v) is 3.73. The fourth-order valence-electron chi connectivity index (χ4n) is 2.62. The second kappa shape index (κ2) is 9.77. The summed E-state index contributed by atoms with van der Waals surface area (Å²) in [5, 5.41) is 0. The van der Waals surface area contributed by atoms with Crippen LogP contribution in [0.5, 0.6) is 0 Å². The van der Waals surface area contributed by atoms with Gasteiger partial charge in [0.15, 0.2) is 0 Å². The van der Waals surface area contributed by atoms with Gasteiger partial charge in [-0.15, -0.1) is 0 Å². The van der Waals surface area contributed by atoms with Crippen molar-refractivity contribution in [2.75, 3.05) is 6.61 Å². The Bertz CT molecular complexity index is 215. The van der Waals surface area contributed by atoms with Crippen molar-refractivity contribution >= 4 is 0 Å². The molecule has 0 aromatic carbocycles. The molecule has 2 nitrogen and oxygen atoms in total. The molecule has 2 N–H and O–H groups in total. The molecular weight excluding hydrogens is 234 g/mol. The molecule has 0 saturated heterocycles. The van der Waals surface area contributed by atoms with Gasteiger partial charge < -0.3 is 10.5 Å². The zero-order valence-electron chi connectivity index (χ0n) is 14.2. The van der Waals surface area contributed by atoms with Crippen LogP contribution in [0.1, 0.15) is 80.1 Å². The Balaban J connectivity index is 4.16. The zero-order chi connectivity index (χ0) is 14.9. The van der Waals surface area contributed by atoms with Crippen molar-refractivity contribution in [1.29, 1.82) is 0 Å². The van der Waals surface area contributed by atoms with E-state index in [1.165, 1.54) is 25.7 Å². The van der Waals surface area contributed by atoms with E-state index >= 15 is 0 Å². The largest absolute Gasteiger partial charge is 0.375 e. The second-order valence-electron chi connectivity index (χ2n) is 7.12. The predicted molar refractivity (Wildman–Crippen MR) is 85.4 cm³/mol. The van der Waals surface area contributed by atoms with Gasteiger partial charge >= 0.3 is 0 Å². The molecule has 0 aliphatic heterocycles. The van der Waals surface area contributed by atoms with Crippen LogP contribution in [0.4, 0.5) is 0 Å². The molecule has 3 atom stereocenters. The van der Waals surface area contributed by atoms with Crippen molar-refractivity contribution in [3.63, 3.8) is 0 Å². The minimum absolute atomic E-state index is 0.0623. The highest BCUT2D eigenvalue weighted by Gasteiger charge is 2.26. The number of nitrogens with two attached hydrogens (primary N) is 1. The minimum Gasteiger partial charge on any atom is -0.375 e. The molecule has 0 fully saturated rings. The van der Waals surface area contributed by atoms with Crippen molar-refractivity contribution in [2.24, 2.45) is 17.6 Å². The fraction of sp³-hybridized carbons (Fsp3) is 1.00. The maximum absolute atomic E-state index is 6.30. The SMILES string of the molecule is CCCCC(C)(CC(C)C)OCC(C)CCC(C)N. The first-order valence-electron chi connectivity index (χ1n) is 8.18. The van der Waals surface area contributed by atoms with E-state index in [9.17, 15) is 0 Å². The highest BCUT2D eigenvalue weighted by molar-refractivity contribution is 4.77. The molecule has 0 aromatic rings. The lowest BCUT2D eigenvalue weighted by molar-refractivity contribution is -0.0661. The molecule has 0 bridgehead atoms. The lowest BCUT2D eigenvalue weighted by Crippen LogP contribution is -2.32. The van der Waals surface area contributed by atoms with Gasteiger partial charge in [-0.25, -0.2) is 0 Å². The van der Waals surface area contributed by atoms with Crippen LogP contribution in [-0.4, -0.2) is 18.2 Å². The summed E-state index contributed by atoms with van der Waals surface area (Å²) >= 11 is 0. The van der Waals surface area contributed by atoms with Gasteiger partial charge in [-0.3, -0.25) is 0 Å². The smallest absolute Gasteiger partial charge is 0.0657 e. The number of hydrogen-bond donors (Lipinski definition) is 1. The monoisotopic (exact) mass is 271 g/mol. The molecule has 0 saturated carbocycles. The average molecular weight is 271 g/mol. The lowest BCUT2D eigenvalue weighted by atomic mass is 9.89. The van der Waals surface area contributed by atoms with Gasteiger partial charge in [-0.2, -0.15) is 0 Å². The van der Waals surface area contributed by atoms with Gasteiger partial charge in [0.1, 0.15) is 0 Å². The van der Waals surface area contributed by atoms with E-state index in [1.54, 1.807) is 0 Å². The van der Waals surface area contributed by atoms with E-state index < -0.39 is 0 Å². The third kappa shape index (κ3) is 10.4. The molecule has 0 aromatic heterocycles. The van der Waals surface area contributed by atoms with Crippen molar-refractivity contribution in [3.05, 3.63) is 0 Å². The van der Waals surface area contributed by atoms with Crippen molar-refractivity contribution in [2.45, 2.75) is 91.7 Å². The summed E-state index contributed by atoms with van der Waals surface area (Å²) in [5.41, 5.74) is 5.88. The van der Waals surface area contributed by atoms with Gasteiger partial charge in [0.05, 0.1) is 5.60 Å². The van der Waals surface area contributed by atoms with Crippen LogP contribution in [0.15, 0.2) is 0 Å². The van der Waals surface area contributed by atoms with Crippen molar-refractivity contribution in [1.82, 2.24) is 0 Å². The first-order valence-corrected chi connectivity index (χ1v) is 8.18. The Labute approximate surface area is 121 Å². The van der Waals surface area contributed by atoms with E-state index in [0.717, 1.165) is 19.4 Å². The molecule has 116 valence electrons. The quantitative estimate of drug-likeness (QED) is 0.588. The highest BCUT2D eigenvalue weighted by Crippen LogP contribution is 2.28. The predicted octanol–water partition coefficient (Wildman–Crippen LogP) is 4.76. The first-order chi connectivity index (χ1) is 8.79. The van der Waals surface area contributed by atoms with Crippen LogP contribution in [0.2, 0.25) is 0 Å². The second-order valence-corrected chi connectivity index (χ2v) is 7.12. The zero-order valence-corrected chi connectivity index (χ0v) is 14.2. The van der Waals surface area contributed by atoms with Gasteiger partial charge in [0.2, 0.25) is 0 Å². The van der Waals surface area contributed by atoms with Gasteiger partial charge in [0.25, 0.3) is 0 Å². The summed E-state index contributed by atoms with van der Waals surface area (Å²) in [6.07, 6.45) is 7.12. The molecular formula is C17H37NO. The number of unbranched alkanes of at least 4 members (excludes halogenated alkanes) is 1. The highest BCUT2D eigenvalue weighted by atomic mass is 16.5. The number of hydrogen-bond acceptors (Lipinski definition) is 2. The number of ether oxygens (including phenoxy) is 1. The van der Waals surface area contributed by atoms with E-state index in [2.05, 4.69) is 41.5 Å². The molecule has 2 heteroatoms. The summed E-state index contributed by atoms with van der Waals surface area (Å²) in [5.74, 6) is 1.31. The minimum atomic E-state index is 0.0623. The summed E-state index contributed by atoms with van der Waals surface area (Å²) in [4.78, 5) is 0. The van der Waals surface area contributed by atoms with Crippen LogP contribution in [0.25, 0.3) is 0 Å². The molecule has 0 rings (SSSR count). The Morgan fingerprint density at radius 2 is 1.74 bits per heavy atom. The Hall–Kier alpha value is -0.0800. The Morgan fingerprint density at radius 3 is 2.21 bits per heavy atom. The molecule has 0 spiro atoms. The van der Waals surface area contributed by atoms with E-state index in [-0.39, 0.29) is 5.60 Å². The summed E-state index contributed by atoms with van der Waals surface area (Å²) in [7, 11) is 0. The first kappa shape index (κ1) is 18.9. The maximum Gasteiger partial charge on any atom is 0.0657 e. The van der Waals surface area contributed by atoms with Gasteiger partial charge in [-0.05, 0) is 51.4 Å². The maximum atomic E-state index is 6.30. The van der Waals surface area contributed by atoms with E-state index in [1.807, 2.05) is 0 Å². The Kier molecular flexibility index (Phi) is 9.72. The fourth-order valence-corrected chi connectivity index (χ4v) is 2.62. The van der Waals surface area contributed by atoms with Gasteiger partial charge in [0, 0.05) is 12.6 Å². The number of rotatable bonds is 11. The Morgan fingerprint density at radius 1 is 1.11 bits per heavy atom. The van der Waals surface area contributed by atoms with Gasteiger partial charge in [-0.1, -0.05) is 40.5 Å².